The fourth-order valence-corrected chi connectivity index (χ4v) is 3.60. The number of carbonyl (C=O) groups is 1. The molecule has 0 spiro atoms. The van der Waals surface area contributed by atoms with Gasteiger partial charge in [0, 0.05) is 17.9 Å². The van der Waals surface area contributed by atoms with E-state index in [2.05, 4.69) is 15.5 Å². The summed E-state index contributed by atoms with van der Waals surface area (Å²) in [5.74, 6) is 1.81. The van der Waals surface area contributed by atoms with Crippen LogP contribution in [-0.2, 0) is 4.79 Å². The van der Waals surface area contributed by atoms with Gasteiger partial charge in [-0.25, -0.2) is 0 Å². The Labute approximate surface area is 131 Å². The topological polar surface area (TPSA) is 94.0 Å². The van der Waals surface area contributed by atoms with Gasteiger partial charge in [-0.2, -0.15) is 4.98 Å². The van der Waals surface area contributed by atoms with Gasteiger partial charge in [-0.15, -0.1) is 0 Å². The van der Waals surface area contributed by atoms with Crippen molar-refractivity contribution >= 4 is 5.91 Å². The fourth-order valence-electron chi connectivity index (χ4n) is 3.60. The first-order valence-electron chi connectivity index (χ1n) is 8.53. The first kappa shape index (κ1) is 15.5. The minimum Gasteiger partial charge on any atom is -0.344 e. The Morgan fingerprint density at radius 3 is 2.73 bits per heavy atom. The lowest BCUT2D eigenvalue weighted by molar-refractivity contribution is -0.125. The van der Waals surface area contributed by atoms with Gasteiger partial charge in [-0.3, -0.25) is 4.79 Å². The maximum Gasteiger partial charge on any atom is 0.248 e. The van der Waals surface area contributed by atoms with Crippen molar-refractivity contribution in [3.8, 4) is 0 Å². The lowest BCUT2D eigenvalue weighted by atomic mass is 9.89. The lowest BCUT2D eigenvalue weighted by Crippen LogP contribution is -2.32. The van der Waals surface area contributed by atoms with Gasteiger partial charge in [0.05, 0.1) is 0 Å². The van der Waals surface area contributed by atoms with E-state index < -0.39 is 0 Å². The van der Waals surface area contributed by atoms with Gasteiger partial charge in [-0.1, -0.05) is 24.4 Å². The van der Waals surface area contributed by atoms with Gasteiger partial charge < -0.3 is 15.6 Å². The van der Waals surface area contributed by atoms with Crippen LogP contribution in [0.25, 0.3) is 0 Å². The zero-order valence-electron chi connectivity index (χ0n) is 13.3. The van der Waals surface area contributed by atoms with Crippen LogP contribution >= 0.6 is 0 Å². The highest BCUT2D eigenvalue weighted by Gasteiger charge is 2.30. The van der Waals surface area contributed by atoms with Crippen LogP contribution in [0.4, 0.5) is 0 Å². The molecule has 3 unspecified atom stereocenters. The summed E-state index contributed by atoms with van der Waals surface area (Å²) in [5, 5.41) is 7.10. The van der Waals surface area contributed by atoms with Crippen LogP contribution in [-0.4, -0.2) is 22.1 Å². The molecular formula is C16H26N4O2. The first-order valence-corrected chi connectivity index (χ1v) is 8.53. The molecule has 2 aliphatic rings. The molecule has 3 rings (SSSR count). The number of hydrogen-bond donors (Lipinski definition) is 2. The number of nitrogens with two attached hydrogens (primary N) is 1. The number of hydrogen-bond acceptors (Lipinski definition) is 5. The smallest absolute Gasteiger partial charge is 0.248 e. The van der Waals surface area contributed by atoms with Crippen molar-refractivity contribution in [2.75, 3.05) is 0 Å². The number of nitrogens with zero attached hydrogens (tertiary/aromatic N) is 2. The third-order valence-corrected chi connectivity index (χ3v) is 5.00. The normalized spacial score (nSPS) is 27.7. The molecule has 0 aliphatic heterocycles. The van der Waals surface area contributed by atoms with Crippen molar-refractivity contribution in [3.05, 3.63) is 11.7 Å². The second-order valence-electron chi connectivity index (χ2n) is 6.83. The SMILES string of the molecule is CC(NC(=O)C1CCC(N)C1)c1nc(C2CCCCC2)no1. The molecule has 6 nitrogen and oxygen atoms in total. The molecule has 3 atom stereocenters. The Hall–Kier alpha value is -1.43. The standard InChI is InChI=1S/C16H26N4O2/c1-10(18-15(21)12-7-8-13(17)9-12)16-19-14(20-22-16)11-5-3-2-4-6-11/h10-13H,2-9,17H2,1H3,(H,18,21). The zero-order chi connectivity index (χ0) is 15.5. The maximum atomic E-state index is 12.2. The third kappa shape index (κ3) is 3.48. The summed E-state index contributed by atoms with van der Waals surface area (Å²) in [6.45, 7) is 1.89. The third-order valence-electron chi connectivity index (χ3n) is 5.00. The molecule has 122 valence electrons. The summed E-state index contributed by atoms with van der Waals surface area (Å²) in [5.41, 5.74) is 5.87. The Morgan fingerprint density at radius 2 is 2.05 bits per heavy atom. The quantitative estimate of drug-likeness (QED) is 0.891. The molecule has 2 fully saturated rings. The molecule has 1 amide bonds. The zero-order valence-corrected chi connectivity index (χ0v) is 13.3. The number of rotatable bonds is 4. The molecule has 6 heteroatoms. The fraction of sp³-hybridized carbons (Fsp3) is 0.812. The van der Waals surface area contributed by atoms with Crippen LogP contribution < -0.4 is 11.1 Å². The predicted molar refractivity (Wildman–Crippen MR) is 82.0 cm³/mol. The average molecular weight is 306 g/mol. The minimum atomic E-state index is -0.242. The number of aromatic nitrogens is 2. The van der Waals surface area contributed by atoms with E-state index in [0.29, 0.717) is 11.8 Å². The van der Waals surface area contributed by atoms with Crippen LogP contribution in [0, 0.1) is 5.92 Å². The number of nitrogens with one attached hydrogen (secondary N) is 1. The molecular weight excluding hydrogens is 280 g/mol. The van der Waals surface area contributed by atoms with Crippen molar-refractivity contribution in [3.63, 3.8) is 0 Å². The molecule has 3 N–H and O–H groups in total. The van der Waals surface area contributed by atoms with Crippen molar-refractivity contribution in [2.45, 2.75) is 76.3 Å². The Balaban J connectivity index is 1.56. The van der Waals surface area contributed by atoms with E-state index >= 15 is 0 Å². The Kier molecular flexibility index (Phi) is 4.76. The molecule has 22 heavy (non-hydrogen) atoms. The molecule has 0 saturated heterocycles. The van der Waals surface area contributed by atoms with E-state index in [0.717, 1.165) is 37.9 Å². The van der Waals surface area contributed by atoms with Gasteiger partial charge in [-0.05, 0) is 39.0 Å². The Morgan fingerprint density at radius 1 is 1.27 bits per heavy atom. The van der Waals surface area contributed by atoms with Crippen molar-refractivity contribution in [2.24, 2.45) is 11.7 Å². The largest absolute Gasteiger partial charge is 0.344 e. The van der Waals surface area contributed by atoms with Gasteiger partial charge in [0.15, 0.2) is 5.82 Å². The summed E-state index contributed by atoms with van der Waals surface area (Å²) >= 11 is 0. The molecule has 1 heterocycles. The summed E-state index contributed by atoms with van der Waals surface area (Å²) in [6.07, 6.45) is 8.63. The van der Waals surface area contributed by atoms with Crippen LogP contribution in [0.5, 0.6) is 0 Å². The van der Waals surface area contributed by atoms with Gasteiger partial charge in [0.2, 0.25) is 11.8 Å². The van der Waals surface area contributed by atoms with Gasteiger partial charge >= 0.3 is 0 Å². The average Bonchev–Trinajstić information content (AvgIpc) is 3.17. The molecule has 0 radical (unpaired) electrons. The van der Waals surface area contributed by atoms with Crippen LogP contribution in [0.3, 0.4) is 0 Å². The number of amides is 1. The molecule has 1 aromatic heterocycles. The van der Waals surface area contributed by atoms with E-state index in [-0.39, 0.29) is 23.9 Å². The summed E-state index contributed by atoms with van der Waals surface area (Å²) in [4.78, 5) is 16.7. The molecule has 1 aromatic rings. The monoisotopic (exact) mass is 306 g/mol. The highest BCUT2D eigenvalue weighted by atomic mass is 16.5. The summed E-state index contributed by atoms with van der Waals surface area (Å²) < 4.78 is 5.36. The highest BCUT2D eigenvalue weighted by Crippen LogP contribution is 2.31. The lowest BCUT2D eigenvalue weighted by Gasteiger charge is -2.17. The van der Waals surface area contributed by atoms with Crippen LogP contribution in [0.1, 0.15) is 82.0 Å². The summed E-state index contributed by atoms with van der Waals surface area (Å²) in [6, 6.07) is -0.0819. The minimum absolute atomic E-state index is 0.0261. The Bertz CT molecular complexity index is 510. The molecule has 2 saturated carbocycles. The van der Waals surface area contributed by atoms with Crippen molar-refractivity contribution in [1.82, 2.24) is 15.5 Å². The van der Waals surface area contributed by atoms with Crippen LogP contribution in [0.2, 0.25) is 0 Å². The first-order chi connectivity index (χ1) is 10.6. The van der Waals surface area contributed by atoms with Crippen molar-refractivity contribution < 1.29 is 9.32 Å². The van der Waals surface area contributed by atoms with Crippen molar-refractivity contribution in [1.29, 1.82) is 0 Å². The molecule has 0 bridgehead atoms. The highest BCUT2D eigenvalue weighted by molar-refractivity contribution is 5.79. The van der Waals surface area contributed by atoms with E-state index in [9.17, 15) is 4.79 Å². The number of carbonyl (C=O) groups excluding carboxylic acids is 1. The van der Waals surface area contributed by atoms with Crippen LogP contribution in [0.15, 0.2) is 4.52 Å². The van der Waals surface area contributed by atoms with Gasteiger partial charge in [0.25, 0.3) is 0 Å². The second kappa shape index (κ2) is 6.77. The van der Waals surface area contributed by atoms with E-state index in [1.165, 1.54) is 19.3 Å². The molecule has 0 aromatic carbocycles. The second-order valence-corrected chi connectivity index (χ2v) is 6.83. The summed E-state index contributed by atoms with van der Waals surface area (Å²) in [7, 11) is 0. The molecule has 2 aliphatic carbocycles. The predicted octanol–water partition coefficient (Wildman–Crippen LogP) is 2.42. The van der Waals surface area contributed by atoms with E-state index in [1.54, 1.807) is 0 Å². The van der Waals surface area contributed by atoms with Gasteiger partial charge in [0.1, 0.15) is 6.04 Å². The van der Waals surface area contributed by atoms with E-state index in [1.807, 2.05) is 6.92 Å². The van der Waals surface area contributed by atoms with E-state index in [4.69, 9.17) is 10.3 Å². The maximum absolute atomic E-state index is 12.2.